The summed E-state index contributed by atoms with van der Waals surface area (Å²) in [6.07, 6.45) is 1.57. The molecule has 0 aliphatic rings. The number of nitrogens with zero attached hydrogens (tertiary/aromatic N) is 2. The quantitative estimate of drug-likeness (QED) is 0.228. The summed E-state index contributed by atoms with van der Waals surface area (Å²) in [7, 11) is 1.49. The first-order chi connectivity index (χ1) is 14.5. The van der Waals surface area contributed by atoms with Gasteiger partial charge in [-0.1, -0.05) is 24.3 Å². The molecule has 0 saturated heterocycles. The van der Waals surface area contributed by atoms with Gasteiger partial charge < -0.3 is 9.47 Å². The Hall–Kier alpha value is -4.18. The number of allylic oxidation sites excluding steroid dienone is 1. The molecule has 0 aliphatic heterocycles. The van der Waals surface area contributed by atoms with Crippen LogP contribution in [0.15, 0.2) is 66.7 Å². The average Bonchev–Trinajstić information content (AvgIpc) is 2.77. The lowest BCUT2D eigenvalue weighted by Gasteiger charge is -2.12. The average molecular weight is 404 g/mol. The summed E-state index contributed by atoms with van der Waals surface area (Å²) in [5.41, 5.74) is 1.83. The molecule has 30 heavy (non-hydrogen) atoms. The highest BCUT2D eigenvalue weighted by Crippen LogP contribution is 2.31. The molecule has 0 bridgehead atoms. The molecule has 0 fully saturated rings. The number of benzene rings is 3. The van der Waals surface area contributed by atoms with Crippen LogP contribution in [0.5, 0.6) is 11.5 Å². The summed E-state index contributed by atoms with van der Waals surface area (Å²) in [4.78, 5) is 10.3. The smallest absolute Gasteiger partial charge is 0.269 e. The molecule has 0 radical (unpaired) electrons. The van der Waals surface area contributed by atoms with Crippen molar-refractivity contribution in [3.8, 4) is 17.6 Å². The standard InChI is InChI=1S/C23H17FN2O4/c1-29-23-13-17(12-18(14-25)20-4-2-3-5-21(20)24)8-11-22(23)30-15-16-6-9-19(10-7-16)26(27)28/h2-13H,15H2,1H3/b18-12-. The Morgan fingerprint density at radius 3 is 2.50 bits per heavy atom. The van der Waals surface area contributed by atoms with E-state index in [0.29, 0.717) is 17.1 Å². The fourth-order valence-electron chi connectivity index (χ4n) is 2.78. The lowest BCUT2D eigenvalue weighted by atomic mass is 10.0. The molecule has 6 nitrogen and oxygen atoms in total. The van der Waals surface area contributed by atoms with Crippen molar-refractivity contribution in [1.82, 2.24) is 0 Å². The van der Waals surface area contributed by atoms with Gasteiger partial charge in [0.15, 0.2) is 11.5 Å². The third-order valence-corrected chi connectivity index (χ3v) is 4.32. The lowest BCUT2D eigenvalue weighted by Crippen LogP contribution is -1.98. The van der Waals surface area contributed by atoms with Gasteiger partial charge in [-0.05, 0) is 47.5 Å². The van der Waals surface area contributed by atoms with Gasteiger partial charge in [-0.15, -0.1) is 0 Å². The first-order valence-electron chi connectivity index (χ1n) is 8.92. The van der Waals surface area contributed by atoms with E-state index in [-0.39, 0.29) is 23.4 Å². The maximum Gasteiger partial charge on any atom is 0.269 e. The zero-order valence-electron chi connectivity index (χ0n) is 16.0. The first kappa shape index (κ1) is 20.6. The van der Waals surface area contributed by atoms with Crippen molar-refractivity contribution >= 4 is 17.3 Å². The summed E-state index contributed by atoms with van der Waals surface area (Å²) < 4.78 is 25.1. The highest BCUT2D eigenvalue weighted by atomic mass is 19.1. The van der Waals surface area contributed by atoms with Gasteiger partial charge in [-0.25, -0.2) is 4.39 Å². The number of rotatable bonds is 7. The van der Waals surface area contributed by atoms with E-state index >= 15 is 0 Å². The van der Waals surface area contributed by atoms with E-state index in [1.807, 2.05) is 6.07 Å². The number of nitro groups is 1. The third-order valence-electron chi connectivity index (χ3n) is 4.32. The van der Waals surface area contributed by atoms with Gasteiger partial charge >= 0.3 is 0 Å². The van der Waals surface area contributed by atoms with Gasteiger partial charge in [0, 0.05) is 17.7 Å². The van der Waals surface area contributed by atoms with Crippen LogP contribution in [0.2, 0.25) is 0 Å². The fourth-order valence-corrected chi connectivity index (χ4v) is 2.78. The molecule has 0 saturated carbocycles. The van der Waals surface area contributed by atoms with Crippen LogP contribution < -0.4 is 9.47 Å². The SMILES string of the molecule is COc1cc(/C=C(/C#N)c2ccccc2F)ccc1OCc1ccc([N+](=O)[O-])cc1. The van der Waals surface area contributed by atoms with Crippen LogP contribution in [0.3, 0.4) is 0 Å². The third kappa shape index (κ3) is 4.80. The second-order valence-electron chi connectivity index (χ2n) is 6.27. The second-order valence-corrected chi connectivity index (χ2v) is 6.27. The van der Waals surface area contributed by atoms with Crippen LogP contribution in [0.25, 0.3) is 11.6 Å². The van der Waals surface area contributed by atoms with Crippen LogP contribution in [-0.2, 0) is 6.61 Å². The number of non-ortho nitro benzene ring substituents is 1. The zero-order valence-corrected chi connectivity index (χ0v) is 16.0. The number of hydrogen-bond acceptors (Lipinski definition) is 5. The number of nitro benzene ring substituents is 1. The van der Waals surface area contributed by atoms with E-state index in [1.54, 1.807) is 54.6 Å². The van der Waals surface area contributed by atoms with Crippen LogP contribution in [0.4, 0.5) is 10.1 Å². The zero-order chi connectivity index (χ0) is 21.5. The molecule has 150 valence electrons. The molecule has 3 aromatic carbocycles. The van der Waals surface area contributed by atoms with Crippen LogP contribution in [-0.4, -0.2) is 12.0 Å². The maximum absolute atomic E-state index is 14.0. The molecule has 0 aliphatic carbocycles. The number of ether oxygens (including phenoxy) is 2. The van der Waals surface area contributed by atoms with Crippen molar-refractivity contribution in [3.63, 3.8) is 0 Å². The van der Waals surface area contributed by atoms with E-state index in [2.05, 4.69) is 0 Å². The number of hydrogen-bond donors (Lipinski definition) is 0. The molecule has 0 N–H and O–H groups in total. The van der Waals surface area contributed by atoms with E-state index < -0.39 is 10.7 Å². The highest BCUT2D eigenvalue weighted by Gasteiger charge is 2.10. The number of halogens is 1. The van der Waals surface area contributed by atoms with Crippen molar-refractivity contribution in [2.24, 2.45) is 0 Å². The number of methoxy groups -OCH3 is 1. The van der Waals surface area contributed by atoms with Crippen molar-refractivity contribution in [1.29, 1.82) is 5.26 Å². The van der Waals surface area contributed by atoms with Gasteiger partial charge in [-0.3, -0.25) is 10.1 Å². The summed E-state index contributed by atoms with van der Waals surface area (Å²) in [5.74, 6) is 0.439. The minimum atomic E-state index is -0.472. The van der Waals surface area contributed by atoms with Gasteiger partial charge in [0.2, 0.25) is 0 Å². The minimum absolute atomic E-state index is 0.00983. The number of nitriles is 1. The molecular formula is C23H17FN2O4. The molecule has 7 heteroatoms. The maximum atomic E-state index is 14.0. The molecular weight excluding hydrogens is 387 g/mol. The molecule has 3 aromatic rings. The summed E-state index contributed by atoms with van der Waals surface area (Å²) in [6.45, 7) is 0.197. The van der Waals surface area contributed by atoms with Crippen LogP contribution >= 0.6 is 0 Å². The molecule has 3 rings (SSSR count). The van der Waals surface area contributed by atoms with Crippen molar-refractivity contribution in [2.45, 2.75) is 6.61 Å². The fraction of sp³-hybridized carbons (Fsp3) is 0.0870. The predicted molar refractivity (Wildman–Crippen MR) is 110 cm³/mol. The Morgan fingerprint density at radius 2 is 1.87 bits per heavy atom. The Balaban J connectivity index is 1.80. The summed E-state index contributed by atoms with van der Waals surface area (Å²) in [5, 5.41) is 20.2. The predicted octanol–water partition coefficient (Wildman–Crippen LogP) is 5.39. The topological polar surface area (TPSA) is 85.4 Å². The van der Waals surface area contributed by atoms with Gasteiger partial charge in [0.1, 0.15) is 12.4 Å². The lowest BCUT2D eigenvalue weighted by molar-refractivity contribution is -0.384. The summed E-state index contributed by atoms with van der Waals surface area (Å²) in [6, 6.07) is 19.3. The van der Waals surface area contributed by atoms with Gasteiger partial charge in [-0.2, -0.15) is 5.26 Å². The Morgan fingerprint density at radius 1 is 1.13 bits per heavy atom. The minimum Gasteiger partial charge on any atom is -0.493 e. The highest BCUT2D eigenvalue weighted by molar-refractivity contribution is 5.90. The Bertz CT molecular complexity index is 1130. The Labute approximate surface area is 172 Å². The molecule has 0 unspecified atom stereocenters. The van der Waals surface area contributed by atoms with E-state index in [1.165, 1.54) is 25.3 Å². The van der Waals surface area contributed by atoms with Gasteiger partial charge in [0.25, 0.3) is 5.69 Å². The van der Waals surface area contributed by atoms with Crippen LogP contribution in [0, 0.1) is 27.3 Å². The van der Waals surface area contributed by atoms with Gasteiger partial charge in [0.05, 0.1) is 23.7 Å². The molecule has 0 aromatic heterocycles. The van der Waals surface area contributed by atoms with E-state index in [9.17, 15) is 19.8 Å². The van der Waals surface area contributed by atoms with E-state index in [4.69, 9.17) is 9.47 Å². The van der Waals surface area contributed by atoms with Crippen molar-refractivity contribution in [2.75, 3.05) is 7.11 Å². The normalized spacial score (nSPS) is 10.9. The van der Waals surface area contributed by atoms with Crippen LogP contribution in [0.1, 0.15) is 16.7 Å². The largest absolute Gasteiger partial charge is 0.493 e. The Kier molecular flexibility index (Phi) is 6.40. The first-order valence-corrected chi connectivity index (χ1v) is 8.92. The molecule has 0 atom stereocenters. The monoisotopic (exact) mass is 404 g/mol. The van der Waals surface area contributed by atoms with E-state index in [0.717, 1.165) is 5.56 Å². The molecule has 0 spiro atoms. The van der Waals surface area contributed by atoms with Crippen molar-refractivity contribution < 1.29 is 18.8 Å². The summed E-state index contributed by atoms with van der Waals surface area (Å²) >= 11 is 0. The molecule has 0 amide bonds. The second kappa shape index (κ2) is 9.34. The van der Waals surface area contributed by atoms with Crippen molar-refractivity contribution in [3.05, 3.63) is 99.4 Å². The molecule has 0 heterocycles.